The Morgan fingerprint density at radius 3 is 2.50 bits per heavy atom. The van der Waals surface area contributed by atoms with Crippen LogP contribution in [0.2, 0.25) is 0 Å². The lowest BCUT2D eigenvalue weighted by atomic mass is 10.1. The standard InChI is InChI=1S/C14H16N2O3S/c1-10(11-4-2-6-13(17)8-11)16-12-5-3-7-14(9-12)20(15,18)19/h2-10,16-17H,1H3,(H2,15,18,19). The Hall–Kier alpha value is -2.05. The summed E-state index contributed by atoms with van der Waals surface area (Å²) in [5.41, 5.74) is 1.54. The number of anilines is 1. The molecular weight excluding hydrogens is 276 g/mol. The Labute approximate surface area is 118 Å². The van der Waals surface area contributed by atoms with Crippen LogP contribution in [0.1, 0.15) is 18.5 Å². The van der Waals surface area contributed by atoms with Gasteiger partial charge in [0.05, 0.1) is 4.90 Å². The number of sulfonamides is 1. The van der Waals surface area contributed by atoms with Crippen LogP contribution in [0.3, 0.4) is 0 Å². The molecule has 0 aliphatic heterocycles. The quantitative estimate of drug-likeness (QED) is 0.805. The summed E-state index contributed by atoms with van der Waals surface area (Å²) in [4.78, 5) is 0.0607. The molecule has 0 spiro atoms. The largest absolute Gasteiger partial charge is 0.508 e. The number of hydrogen-bond donors (Lipinski definition) is 3. The minimum atomic E-state index is -3.71. The lowest BCUT2D eigenvalue weighted by Gasteiger charge is -2.16. The van der Waals surface area contributed by atoms with Crippen LogP contribution in [-0.4, -0.2) is 13.5 Å². The van der Waals surface area contributed by atoms with Gasteiger partial charge in [0.1, 0.15) is 5.75 Å². The van der Waals surface area contributed by atoms with E-state index >= 15 is 0 Å². The van der Waals surface area contributed by atoms with E-state index < -0.39 is 10.0 Å². The number of rotatable bonds is 4. The molecule has 0 aliphatic rings. The number of phenols is 1. The van der Waals surface area contributed by atoms with Crippen LogP contribution in [0.5, 0.6) is 5.75 Å². The van der Waals surface area contributed by atoms with E-state index in [0.29, 0.717) is 5.69 Å². The van der Waals surface area contributed by atoms with Crippen LogP contribution >= 0.6 is 0 Å². The average Bonchev–Trinajstić information content (AvgIpc) is 2.38. The molecule has 1 unspecified atom stereocenters. The molecule has 6 heteroatoms. The van der Waals surface area contributed by atoms with E-state index in [1.54, 1.807) is 30.3 Å². The van der Waals surface area contributed by atoms with Crippen LogP contribution in [0, 0.1) is 0 Å². The summed E-state index contributed by atoms with van der Waals surface area (Å²) < 4.78 is 22.6. The first-order valence-electron chi connectivity index (χ1n) is 6.04. The molecule has 0 heterocycles. The molecule has 0 aromatic heterocycles. The van der Waals surface area contributed by atoms with Crippen molar-refractivity contribution >= 4 is 15.7 Å². The van der Waals surface area contributed by atoms with E-state index in [2.05, 4.69) is 5.32 Å². The van der Waals surface area contributed by atoms with E-state index in [4.69, 9.17) is 5.14 Å². The molecule has 2 aromatic rings. The molecule has 5 nitrogen and oxygen atoms in total. The third-order valence-electron chi connectivity index (χ3n) is 2.92. The number of hydrogen-bond acceptors (Lipinski definition) is 4. The predicted molar refractivity (Wildman–Crippen MR) is 78.0 cm³/mol. The summed E-state index contributed by atoms with van der Waals surface area (Å²) in [5, 5.41) is 17.7. The van der Waals surface area contributed by atoms with Crippen molar-refractivity contribution in [3.05, 3.63) is 54.1 Å². The summed E-state index contributed by atoms with van der Waals surface area (Å²) >= 11 is 0. The molecule has 1 atom stereocenters. The molecule has 4 N–H and O–H groups in total. The second-order valence-corrected chi connectivity index (χ2v) is 6.10. The second kappa shape index (κ2) is 5.52. The molecular formula is C14H16N2O3S. The molecule has 0 saturated heterocycles. The van der Waals surface area contributed by atoms with Gasteiger partial charge in [-0.05, 0) is 42.8 Å². The number of benzene rings is 2. The van der Waals surface area contributed by atoms with Gasteiger partial charge in [-0.15, -0.1) is 0 Å². The van der Waals surface area contributed by atoms with Crippen molar-refractivity contribution in [1.82, 2.24) is 0 Å². The zero-order valence-electron chi connectivity index (χ0n) is 10.9. The first kappa shape index (κ1) is 14.4. The summed E-state index contributed by atoms with van der Waals surface area (Å²) in [6, 6.07) is 13.1. The normalized spacial score (nSPS) is 12.9. The van der Waals surface area contributed by atoms with Gasteiger partial charge in [0.2, 0.25) is 10.0 Å². The van der Waals surface area contributed by atoms with Crippen molar-refractivity contribution in [3.63, 3.8) is 0 Å². The fourth-order valence-corrected chi connectivity index (χ4v) is 2.45. The first-order valence-corrected chi connectivity index (χ1v) is 7.59. The van der Waals surface area contributed by atoms with Crippen LogP contribution < -0.4 is 10.5 Å². The fourth-order valence-electron chi connectivity index (χ4n) is 1.89. The maximum absolute atomic E-state index is 11.3. The van der Waals surface area contributed by atoms with Gasteiger partial charge in [0.15, 0.2) is 0 Å². The zero-order valence-corrected chi connectivity index (χ0v) is 11.8. The third-order valence-corrected chi connectivity index (χ3v) is 3.83. The molecule has 0 amide bonds. The second-order valence-electron chi connectivity index (χ2n) is 4.53. The summed E-state index contributed by atoms with van der Waals surface area (Å²) in [5.74, 6) is 0.189. The predicted octanol–water partition coefficient (Wildman–Crippen LogP) is 2.21. The van der Waals surface area contributed by atoms with E-state index in [9.17, 15) is 13.5 Å². The Kier molecular flexibility index (Phi) is 3.96. The number of primary sulfonamides is 1. The highest BCUT2D eigenvalue weighted by molar-refractivity contribution is 7.89. The van der Waals surface area contributed by atoms with Crippen molar-refractivity contribution < 1.29 is 13.5 Å². The topological polar surface area (TPSA) is 92.4 Å². The highest BCUT2D eigenvalue weighted by atomic mass is 32.2. The van der Waals surface area contributed by atoms with Gasteiger partial charge in [-0.1, -0.05) is 18.2 Å². The van der Waals surface area contributed by atoms with E-state index in [1.165, 1.54) is 12.1 Å². The maximum Gasteiger partial charge on any atom is 0.238 e. The van der Waals surface area contributed by atoms with Gasteiger partial charge in [-0.25, -0.2) is 13.6 Å². The minimum absolute atomic E-state index is 0.0607. The van der Waals surface area contributed by atoms with E-state index in [0.717, 1.165) is 5.56 Å². The van der Waals surface area contributed by atoms with Gasteiger partial charge in [-0.3, -0.25) is 0 Å². The molecule has 0 saturated carbocycles. The highest BCUT2D eigenvalue weighted by Crippen LogP contribution is 2.23. The average molecular weight is 292 g/mol. The van der Waals surface area contributed by atoms with Gasteiger partial charge in [0.25, 0.3) is 0 Å². The SMILES string of the molecule is CC(Nc1cccc(S(N)(=O)=O)c1)c1cccc(O)c1. The maximum atomic E-state index is 11.3. The lowest BCUT2D eigenvalue weighted by molar-refractivity contribution is 0.474. The molecule has 0 fully saturated rings. The summed E-state index contributed by atoms with van der Waals surface area (Å²) in [6.45, 7) is 1.92. The van der Waals surface area contributed by atoms with E-state index in [1.807, 2.05) is 13.0 Å². The zero-order chi connectivity index (χ0) is 14.8. The molecule has 0 radical (unpaired) electrons. The molecule has 0 aliphatic carbocycles. The Morgan fingerprint density at radius 1 is 1.15 bits per heavy atom. The van der Waals surface area contributed by atoms with Crippen LogP contribution in [0.25, 0.3) is 0 Å². The molecule has 2 rings (SSSR count). The Bertz CT molecular complexity index is 714. The minimum Gasteiger partial charge on any atom is -0.508 e. The van der Waals surface area contributed by atoms with Crippen LogP contribution in [0.15, 0.2) is 53.4 Å². The van der Waals surface area contributed by atoms with E-state index in [-0.39, 0.29) is 16.7 Å². The summed E-state index contributed by atoms with van der Waals surface area (Å²) in [7, 11) is -3.71. The highest BCUT2D eigenvalue weighted by Gasteiger charge is 2.10. The number of aromatic hydroxyl groups is 1. The molecule has 2 aromatic carbocycles. The molecule has 106 valence electrons. The van der Waals surface area contributed by atoms with Gasteiger partial charge in [-0.2, -0.15) is 0 Å². The number of nitrogens with one attached hydrogen (secondary N) is 1. The number of phenolic OH excluding ortho intramolecular Hbond substituents is 1. The van der Waals surface area contributed by atoms with Crippen molar-refractivity contribution in [3.8, 4) is 5.75 Å². The smallest absolute Gasteiger partial charge is 0.238 e. The van der Waals surface area contributed by atoms with Gasteiger partial charge < -0.3 is 10.4 Å². The number of nitrogens with two attached hydrogens (primary N) is 1. The van der Waals surface area contributed by atoms with Crippen molar-refractivity contribution in [2.75, 3.05) is 5.32 Å². The monoisotopic (exact) mass is 292 g/mol. The lowest BCUT2D eigenvalue weighted by Crippen LogP contribution is -2.13. The Morgan fingerprint density at radius 2 is 1.85 bits per heavy atom. The Balaban J connectivity index is 2.22. The molecule has 20 heavy (non-hydrogen) atoms. The van der Waals surface area contributed by atoms with Crippen LogP contribution in [0.4, 0.5) is 5.69 Å². The van der Waals surface area contributed by atoms with Crippen LogP contribution in [-0.2, 0) is 10.0 Å². The van der Waals surface area contributed by atoms with Gasteiger partial charge >= 0.3 is 0 Å². The van der Waals surface area contributed by atoms with Crippen molar-refractivity contribution in [2.24, 2.45) is 5.14 Å². The van der Waals surface area contributed by atoms with Crippen molar-refractivity contribution in [2.45, 2.75) is 17.9 Å². The first-order chi connectivity index (χ1) is 9.36. The summed E-state index contributed by atoms with van der Waals surface area (Å²) in [6.07, 6.45) is 0. The van der Waals surface area contributed by atoms with Gasteiger partial charge in [0, 0.05) is 11.7 Å². The fraction of sp³-hybridized carbons (Fsp3) is 0.143. The molecule has 0 bridgehead atoms. The third kappa shape index (κ3) is 3.49. The van der Waals surface area contributed by atoms with Crippen molar-refractivity contribution in [1.29, 1.82) is 0 Å².